The van der Waals surface area contributed by atoms with E-state index in [4.69, 9.17) is 18.6 Å². The average Bonchev–Trinajstić information content (AvgIpc) is 3.47. The molecule has 0 saturated heterocycles. The van der Waals surface area contributed by atoms with E-state index < -0.39 is 5.97 Å². The minimum absolute atomic E-state index is 0.200. The molecule has 6 nitrogen and oxygen atoms in total. The maximum Gasteiger partial charge on any atom is 0.348 e. The fourth-order valence-electron chi connectivity index (χ4n) is 4.43. The molecule has 4 aromatic carbocycles. The molecular weight excluding hydrogens is 560 g/mol. The lowest BCUT2D eigenvalue weighted by atomic mass is 10.1. The molecule has 0 saturated carbocycles. The van der Waals surface area contributed by atoms with E-state index in [1.54, 1.807) is 42.5 Å². The van der Waals surface area contributed by atoms with Gasteiger partial charge in [-0.15, -0.1) is 0 Å². The topological polar surface area (TPSA) is 75.0 Å². The smallest absolute Gasteiger partial charge is 0.348 e. The summed E-state index contributed by atoms with van der Waals surface area (Å²) in [5, 5.41) is 0.581. The van der Waals surface area contributed by atoms with Crippen LogP contribution in [0.4, 0.5) is 0 Å². The number of ether oxygens (including phenoxy) is 3. The molecule has 0 N–H and O–H groups in total. The molecule has 5 aromatic rings. The Morgan fingerprint density at radius 1 is 0.923 bits per heavy atom. The van der Waals surface area contributed by atoms with Crippen LogP contribution in [-0.2, 0) is 0 Å². The lowest BCUT2D eigenvalue weighted by molar-refractivity contribution is 0.0736. The van der Waals surface area contributed by atoms with E-state index in [1.807, 2.05) is 61.5 Å². The van der Waals surface area contributed by atoms with Gasteiger partial charge in [0.05, 0.1) is 12.2 Å². The summed E-state index contributed by atoms with van der Waals surface area (Å²) < 4.78 is 24.3. The second-order valence-electron chi connectivity index (χ2n) is 8.80. The van der Waals surface area contributed by atoms with Gasteiger partial charge < -0.3 is 18.6 Å². The molecule has 192 valence electrons. The van der Waals surface area contributed by atoms with E-state index in [-0.39, 0.29) is 22.9 Å². The number of hydrogen-bond acceptors (Lipinski definition) is 6. The van der Waals surface area contributed by atoms with Gasteiger partial charge in [-0.25, -0.2) is 4.79 Å². The second kappa shape index (κ2) is 10.3. The summed E-state index contributed by atoms with van der Waals surface area (Å²) in [6.45, 7) is 2.38. The predicted octanol–water partition coefficient (Wildman–Crippen LogP) is 8.10. The summed E-state index contributed by atoms with van der Waals surface area (Å²) in [4.78, 5) is 26.5. The van der Waals surface area contributed by atoms with Gasteiger partial charge in [-0.1, -0.05) is 58.4 Å². The first-order valence-electron chi connectivity index (χ1n) is 12.3. The minimum atomic E-state index is -0.601. The van der Waals surface area contributed by atoms with Gasteiger partial charge in [-0.05, 0) is 61.0 Å². The van der Waals surface area contributed by atoms with Crippen molar-refractivity contribution in [2.75, 3.05) is 6.61 Å². The molecule has 0 aliphatic carbocycles. The fraction of sp³-hybridized carbons (Fsp3) is 0.0625. The number of esters is 1. The molecule has 39 heavy (non-hydrogen) atoms. The number of rotatable bonds is 6. The number of benzene rings is 4. The van der Waals surface area contributed by atoms with E-state index in [2.05, 4.69) is 15.9 Å². The number of halogens is 1. The van der Waals surface area contributed by atoms with Crippen LogP contribution in [-0.4, -0.2) is 18.4 Å². The van der Waals surface area contributed by atoms with Gasteiger partial charge in [-0.2, -0.15) is 0 Å². The summed E-state index contributed by atoms with van der Waals surface area (Å²) in [6.07, 6.45) is 1.68. The molecule has 0 radical (unpaired) electrons. The van der Waals surface area contributed by atoms with Gasteiger partial charge in [0, 0.05) is 21.5 Å². The third-order valence-corrected chi connectivity index (χ3v) is 6.76. The van der Waals surface area contributed by atoms with Crippen LogP contribution in [0.25, 0.3) is 28.4 Å². The van der Waals surface area contributed by atoms with Gasteiger partial charge in [0.25, 0.3) is 0 Å². The average molecular weight is 581 g/mol. The lowest BCUT2D eigenvalue weighted by Gasteiger charge is -2.07. The minimum Gasteiger partial charge on any atom is -0.494 e. The monoisotopic (exact) mass is 580 g/mol. The van der Waals surface area contributed by atoms with Crippen molar-refractivity contribution in [1.29, 1.82) is 0 Å². The summed E-state index contributed by atoms with van der Waals surface area (Å²) in [7, 11) is 0. The highest BCUT2D eigenvalue weighted by atomic mass is 79.9. The third-order valence-electron chi connectivity index (χ3n) is 6.23. The normalized spacial score (nSPS) is 13.4. The number of allylic oxidation sites excluding steroid dienone is 1. The van der Waals surface area contributed by atoms with Crippen molar-refractivity contribution in [2.45, 2.75) is 6.92 Å². The Morgan fingerprint density at radius 3 is 2.46 bits per heavy atom. The van der Waals surface area contributed by atoms with E-state index >= 15 is 0 Å². The van der Waals surface area contributed by atoms with Crippen LogP contribution in [0.1, 0.15) is 33.2 Å². The van der Waals surface area contributed by atoms with E-state index in [0.717, 1.165) is 15.6 Å². The van der Waals surface area contributed by atoms with Crippen molar-refractivity contribution < 1.29 is 28.2 Å². The Bertz CT molecular complexity index is 1750. The van der Waals surface area contributed by atoms with Gasteiger partial charge in [0.1, 0.15) is 34.2 Å². The Labute approximate surface area is 232 Å². The van der Waals surface area contributed by atoms with Crippen LogP contribution in [0.5, 0.6) is 17.2 Å². The SMILES string of the molecule is CCOc1ccc2oc(-c3ccccc3)c(C(=O)Oc3ccc4c(c3)OC(=Cc3ccc(Br)cc3)C4=O)c2c1. The number of Topliss-reactive ketones (excluding diaryl/α,β-unsaturated/α-hetero) is 1. The molecule has 0 spiro atoms. The molecule has 1 aliphatic heterocycles. The number of ketones is 1. The van der Waals surface area contributed by atoms with Crippen molar-refractivity contribution >= 4 is 44.7 Å². The Kier molecular flexibility index (Phi) is 6.50. The Morgan fingerprint density at radius 2 is 1.69 bits per heavy atom. The first kappa shape index (κ1) is 24.7. The number of carbonyl (C=O) groups excluding carboxylic acids is 2. The molecule has 6 rings (SSSR count). The Hall–Kier alpha value is -4.62. The maximum atomic E-state index is 13.6. The highest BCUT2D eigenvalue weighted by molar-refractivity contribution is 9.10. The quantitative estimate of drug-likeness (QED) is 0.115. The standard InChI is InChI=1S/C32H21BrO6/c1-2-36-22-13-15-26-25(17-22)29(31(39-26)20-6-4-3-5-7-20)32(35)37-23-12-14-24-27(18-23)38-28(30(24)34)16-19-8-10-21(33)11-9-19/h3-18H,2H2,1H3. The van der Waals surface area contributed by atoms with Crippen LogP contribution in [0.15, 0.2) is 106 Å². The molecule has 1 aromatic heterocycles. The summed E-state index contributed by atoms with van der Waals surface area (Å²) >= 11 is 3.40. The van der Waals surface area contributed by atoms with E-state index in [1.165, 1.54) is 0 Å². The zero-order valence-electron chi connectivity index (χ0n) is 20.8. The molecule has 7 heteroatoms. The molecule has 2 heterocycles. The molecule has 0 bridgehead atoms. The largest absolute Gasteiger partial charge is 0.494 e. The van der Waals surface area contributed by atoms with Crippen molar-refractivity contribution in [1.82, 2.24) is 0 Å². The maximum absolute atomic E-state index is 13.6. The van der Waals surface area contributed by atoms with Crippen LogP contribution < -0.4 is 14.2 Å². The number of fused-ring (bicyclic) bond motifs is 2. The van der Waals surface area contributed by atoms with Gasteiger partial charge in [0.15, 0.2) is 5.76 Å². The molecule has 0 atom stereocenters. The lowest BCUT2D eigenvalue weighted by Crippen LogP contribution is -2.09. The summed E-state index contributed by atoms with van der Waals surface area (Å²) in [6, 6.07) is 27.0. The first-order chi connectivity index (χ1) is 19.0. The van der Waals surface area contributed by atoms with Crippen LogP contribution >= 0.6 is 15.9 Å². The highest BCUT2D eigenvalue weighted by Crippen LogP contribution is 2.38. The van der Waals surface area contributed by atoms with Gasteiger partial charge >= 0.3 is 5.97 Å². The Balaban J connectivity index is 1.33. The van der Waals surface area contributed by atoms with E-state index in [9.17, 15) is 9.59 Å². The van der Waals surface area contributed by atoms with Crippen LogP contribution in [0.2, 0.25) is 0 Å². The molecular formula is C32H21BrO6. The highest BCUT2D eigenvalue weighted by Gasteiger charge is 2.29. The summed E-state index contributed by atoms with van der Waals surface area (Å²) in [5.41, 5.74) is 2.79. The van der Waals surface area contributed by atoms with Crippen molar-refractivity contribution in [3.63, 3.8) is 0 Å². The van der Waals surface area contributed by atoms with Gasteiger partial charge in [-0.3, -0.25) is 4.79 Å². The first-order valence-corrected chi connectivity index (χ1v) is 13.1. The fourth-order valence-corrected chi connectivity index (χ4v) is 4.69. The van der Waals surface area contributed by atoms with Crippen molar-refractivity contribution in [3.05, 3.63) is 118 Å². The number of furan rings is 1. The zero-order chi connectivity index (χ0) is 26.9. The van der Waals surface area contributed by atoms with Gasteiger partial charge in [0.2, 0.25) is 5.78 Å². The van der Waals surface area contributed by atoms with Crippen LogP contribution in [0, 0.1) is 0 Å². The molecule has 1 aliphatic rings. The molecule has 0 unspecified atom stereocenters. The predicted molar refractivity (Wildman–Crippen MR) is 151 cm³/mol. The number of hydrogen-bond donors (Lipinski definition) is 0. The van der Waals surface area contributed by atoms with Crippen LogP contribution in [0.3, 0.4) is 0 Å². The van der Waals surface area contributed by atoms with Crippen molar-refractivity contribution in [2.24, 2.45) is 0 Å². The zero-order valence-corrected chi connectivity index (χ0v) is 22.4. The second-order valence-corrected chi connectivity index (χ2v) is 9.72. The van der Waals surface area contributed by atoms with E-state index in [0.29, 0.717) is 40.4 Å². The molecule has 0 fully saturated rings. The van der Waals surface area contributed by atoms with Crippen molar-refractivity contribution in [3.8, 4) is 28.6 Å². The number of carbonyl (C=O) groups is 2. The molecule has 0 amide bonds. The third kappa shape index (κ3) is 4.84. The summed E-state index contributed by atoms with van der Waals surface area (Å²) in [5.74, 6) is 0.952.